The molecule has 43 heavy (non-hydrogen) atoms. The second kappa shape index (κ2) is 12.6. The highest BCUT2D eigenvalue weighted by Gasteiger charge is 2.44. The number of phosphoric acid groups is 3. The zero-order valence-electron chi connectivity index (χ0n) is 21.6. The van der Waals surface area contributed by atoms with Gasteiger partial charge in [0.15, 0.2) is 16.9 Å². The molecule has 1 fully saturated rings. The van der Waals surface area contributed by atoms with E-state index in [-0.39, 0.29) is 42.2 Å². The van der Waals surface area contributed by atoms with Gasteiger partial charge in [0.1, 0.15) is 11.9 Å². The van der Waals surface area contributed by atoms with E-state index in [0.717, 1.165) is 11.3 Å². The second-order valence-corrected chi connectivity index (χ2v) is 14.5. The molecule has 4 rings (SSSR count). The molecular weight excluding hydrogens is 663 g/mol. The van der Waals surface area contributed by atoms with Crippen LogP contribution in [0.5, 0.6) is 0 Å². The van der Waals surface area contributed by atoms with Gasteiger partial charge in [-0.3, -0.25) is 23.7 Å². The summed E-state index contributed by atoms with van der Waals surface area (Å²) in [4.78, 5) is 79.9. The summed E-state index contributed by atoms with van der Waals surface area (Å²) in [5.41, 5.74) is 13.7. The Kier molecular flexibility index (Phi) is 9.70. The summed E-state index contributed by atoms with van der Waals surface area (Å²) in [6, 6.07) is 0. The standard InChI is InChI=1S/C17H22N9O13P3S/c1-7-22-13(11(43-7)4-21-25-19)9(27)2-8-3-12(26-6-20-14-15(26)23-17(18)24-16(14)28)37-10(8)5-36-41(32,33)39-42(34,35)38-40(29,30)31/h6,8,10,12H,2-5H2,1H3,(H,32,33)(H,34,35)(H2,29,30,31)(H3,18,23,24,28)/t8?,10-,12-/m1/s1. The molecule has 3 unspecified atom stereocenters. The third-order valence-corrected chi connectivity index (χ3v) is 10.5. The Hall–Kier alpha value is -2.87. The van der Waals surface area contributed by atoms with E-state index in [0.29, 0.717) is 9.88 Å². The lowest BCUT2D eigenvalue weighted by Gasteiger charge is -2.21. The molecule has 4 heterocycles. The molecule has 7 N–H and O–H groups in total. The highest BCUT2D eigenvalue weighted by Crippen LogP contribution is 2.66. The molecular formula is C17H22N9O13P3S. The summed E-state index contributed by atoms with van der Waals surface area (Å²) in [7, 11) is -16.9. The second-order valence-electron chi connectivity index (χ2n) is 8.81. The fourth-order valence-corrected chi connectivity index (χ4v) is 8.10. The fourth-order valence-electron chi connectivity index (χ4n) is 4.20. The lowest BCUT2D eigenvalue weighted by atomic mass is 9.93. The monoisotopic (exact) mass is 685 g/mol. The van der Waals surface area contributed by atoms with Crippen molar-refractivity contribution in [2.75, 3.05) is 12.3 Å². The average molecular weight is 685 g/mol. The van der Waals surface area contributed by atoms with E-state index in [1.54, 1.807) is 6.92 Å². The first-order chi connectivity index (χ1) is 20.0. The molecule has 3 aromatic rings. The van der Waals surface area contributed by atoms with Crippen molar-refractivity contribution in [1.29, 1.82) is 0 Å². The molecule has 1 saturated heterocycles. The molecule has 3 aromatic heterocycles. The number of hydrogen-bond acceptors (Lipinski definition) is 15. The number of thiazole rings is 1. The van der Waals surface area contributed by atoms with Crippen molar-refractivity contribution in [3.63, 3.8) is 0 Å². The number of aromatic amines is 1. The van der Waals surface area contributed by atoms with Gasteiger partial charge in [-0.2, -0.15) is 13.6 Å². The summed E-state index contributed by atoms with van der Waals surface area (Å²) < 4.78 is 54.4. The number of aryl methyl sites for hydroxylation is 1. The van der Waals surface area contributed by atoms with E-state index < -0.39 is 59.7 Å². The zero-order chi connectivity index (χ0) is 31.7. The van der Waals surface area contributed by atoms with E-state index in [4.69, 9.17) is 30.3 Å². The smallest absolute Gasteiger partial charge is 0.369 e. The first-order valence-electron chi connectivity index (χ1n) is 11.6. The van der Waals surface area contributed by atoms with Crippen molar-refractivity contribution >= 4 is 57.7 Å². The van der Waals surface area contributed by atoms with Crippen molar-refractivity contribution in [3.8, 4) is 0 Å². The number of phosphoric ester groups is 1. The van der Waals surface area contributed by atoms with Crippen LogP contribution in [0.25, 0.3) is 21.6 Å². The Bertz CT molecular complexity index is 1800. The number of imidazole rings is 1. The predicted octanol–water partition coefficient (Wildman–Crippen LogP) is 1.80. The minimum Gasteiger partial charge on any atom is -0.369 e. The van der Waals surface area contributed by atoms with Crippen LogP contribution in [0.2, 0.25) is 0 Å². The molecule has 0 saturated carbocycles. The average Bonchev–Trinajstić information content (AvgIpc) is 3.55. The number of rotatable bonds is 13. The van der Waals surface area contributed by atoms with E-state index in [9.17, 15) is 33.1 Å². The number of ether oxygens (including phenoxy) is 1. The number of fused-ring (bicyclic) bond motifs is 1. The summed E-state index contributed by atoms with van der Waals surface area (Å²) in [6.07, 6.45) is -1.22. The Morgan fingerprint density at radius 1 is 1.28 bits per heavy atom. The number of Topliss-reactive ketones (excluding diaryl/α,β-unsaturated/α-hetero) is 1. The van der Waals surface area contributed by atoms with Crippen molar-refractivity contribution in [2.45, 2.75) is 38.6 Å². The van der Waals surface area contributed by atoms with Crippen LogP contribution in [0, 0.1) is 12.8 Å². The first-order valence-corrected chi connectivity index (χ1v) is 17.0. The number of nitrogens with two attached hydrogens (primary N) is 1. The maximum Gasteiger partial charge on any atom is 0.490 e. The molecule has 5 atom stereocenters. The molecule has 1 aliphatic rings. The number of ketones is 1. The van der Waals surface area contributed by atoms with Crippen LogP contribution in [-0.2, 0) is 38.1 Å². The number of hydrogen-bond donors (Lipinski definition) is 6. The quantitative estimate of drug-likeness (QED) is 0.0491. The van der Waals surface area contributed by atoms with Gasteiger partial charge in [-0.15, -0.1) is 11.3 Å². The molecule has 234 valence electrons. The Labute approximate surface area is 242 Å². The van der Waals surface area contributed by atoms with Crippen LogP contribution in [0.4, 0.5) is 5.95 Å². The molecule has 0 spiro atoms. The Balaban J connectivity index is 1.59. The number of nitrogens with zero attached hydrogens (tertiary/aromatic N) is 7. The van der Waals surface area contributed by atoms with Gasteiger partial charge in [0.2, 0.25) is 5.95 Å². The normalized spacial score (nSPS) is 21.7. The number of nitrogens with one attached hydrogen (secondary N) is 1. The van der Waals surface area contributed by atoms with Crippen LogP contribution in [-0.4, -0.2) is 62.6 Å². The molecule has 0 radical (unpaired) electrons. The fraction of sp³-hybridized carbons (Fsp3) is 0.471. The molecule has 0 aromatic carbocycles. The van der Waals surface area contributed by atoms with Crippen molar-refractivity contribution in [1.82, 2.24) is 24.5 Å². The van der Waals surface area contributed by atoms with Gasteiger partial charge in [0, 0.05) is 16.2 Å². The van der Waals surface area contributed by atoms with Crippen LogP contribution in [0.3, 0.4) is 0 Å². The molecule has 0 amide bonds. The van der Waals surface area contributed by atoms with Crippen molar-refractivity contribution in [2.24, 2.45) is 11.0 Å². The van der Waals surface area contributed by atoms with Crippen LogP contribution < -0.4 is 11.3 Å². The van der Waals surface area contributed by atoms with Crippen LogP contribution >= 0.6 is 34.8 Å². The highest BCUT2D eigenvalue weighted by atomic mass is 32.1. The summed E-state index contributed by atoms with van der Waals surface area (Å²) in [5, 5.41) is 3.99. The predicted molar refractivity (Wildman–Crippen MR) is 143 cm³/mol. The first kappa shape index (κ1) is 33.0. The lowest BCUT2D eigenvalue weighted by Crippen LogP contribution is -2.25. The number of H-pyrrole nitrogens is 1. The largest absolute Gasteiger partial charge is 0.490 e. The third kappa shape index (κ3) is 8.40. The van der Waals surface area contributed by atoms with Gasteiger partial charge in [-0.25, -0.2) is 23.7 Å². The lowest BCUT2D eigenvalue weighted by molar-refractivity contribution is -0.0287. The van der Waals surface area contributed by atoms with Gasteiger partial charge in [0.05, 0.1) is 30.6 Å². The van der Waals surface area contributed by atoms with Crippen molar-refractivity contribution < 1.29 is 55.9 Å². The minimum atomic E-state index is -5.78. The maximum atomic E-state index is 13.3. The molecule has 22 nitrogen and oxygen atoms in total. The van der Waals surface area contributed by atoms with Crippen LogP contribution in [0.15, 0.2) is 16.2 Å². The number of nitrogen functional groups attached to an aromatic ring is 1. The van der Waals surface area contributed by atoms with Gasteiger partial charge >= 0.3 is 23.5 Å². The van der Waals surface area contributed by atoms with E-state index in [2.05, 4.69) is 38.6 Å². The van der Waals surface area contributed by atoms with Crippen molar-refractivity contribution in [3.05, 3.63) is 42.7 Å². The van der Waals surface area contributed by atoms with E-state index in [1.807, 2.05) is 0 Å². The molecule has 26 heteroatoms. The number of aromatic nitrogens is 5. The SMILES string of the molecule is Cc1nc(C(=O)CC2C[C@H](n3cnc4c(=O)[nH]c(N)nc43)O[C@@H]2COP(=O)(O)OP(=O)(O)OP(=O)(O)O)c(CN=[N+]=[N-])s1. The topological polar surface area (TPSA) is 337 Å². The van der Waals surface area contributed by atoms with Gasteiger partial charge in [-0.05, 0) is 24.8 Å². The number of carbonyl (C=O) groups excluding carboxylic acids is 1. The summed E-state index contributed by atoms with van der Waals surface area (Å²) >= 11 is 1.14. The van der Waals surface area contributed by atoms with Gasteiger partial charge < -0.3 is 30.0 Å². The highest BCUT2D eigenvalue weighted by molar-refractivity contribution is 7.66. The number of anilines is 1. The van der Waals surface area contributed by atoms with Crippen LogP contribution in [0.1, 0.15) is 39.4 Å². The molecule has 1 aliphatic heterocycles. The summed E-state index contributed by atoms with van der Waals surface area (Å²) in [5.74, 6) is -1.52. The van der Waals surface area contributed by atoms with E-state index >= 15 is 0 Å². The number of azide groups is 1. The maximum absolute atomic E-state index is 13.3. The number of carbonyl (C=O) groups is 1. The molecule has 0 bridgehead atoms. The third-order valence-electron chi connectivity index (χ3n) is 5.73. The zero-order valence-corrected chi connectivity index (χ0v) is 25.1. The Morgan fingerprint density at radius 3 is 2.67 bits per heavy atom. The van der Waals surface area contributed by atoms with Gasteiger partial charge in [0.25, 0.3) is 5.56 Å². The Morgan fingerprint density at radius 2 is 2.00 bits per heavy atom. The molecule has 0 aliphatic carbocycles. The summed E-state index contributed by atoms with van der Waals surface area (Å²) in [6.45, 7) is 0.666. The minimum absolute atomic E-state index is 0.0187. The van der Waals surface area contributed by atoms with Gasteiger partial charge in [-0.1, -0.05) is 5.11 Å². The van der Waals surface area contributed by atoms with E-state index in [1.165, 1.54) is 10.9 Å².